The summed E-state index contributed by atoms with van der Waals surface area (Å²) in [5.41, 5.74) is 6.45. The van der Waals surface area contributed by atoms with Crippen molar-refractivity contribution >= 4 is 23.0 Å². The molecule has 1 aliphatic rings. The number of benzene rings is 1. The van der Waals surface area contributed by atoms with Gasteiger partial charge in [-0.2, -0.15) is 0 Å². The Hall–Kier alpha value is -2.35. The van der Waals surface area contributed by atoms with Gasteiger partial charge < -0.3 is 20.7 Å². The Morgan fingerprint density at radius 2 is 2.14 bits per heavy atom. The summed E-state index contributed by atoms with van der Waals surface area (Å²) in [6.07, 6.45) is 0. The minimum absolute atomic E-state index is 0.0453. The van der Waals surface area contributed by atoms with Crippen LogP contribution in [0.15, 0.2) is 18.2 Å². The van der Waals surface area contributed by atoms with E-state index >= 15 is 0 Å². The van der Waals surface area contributed by atoms with Gasteiger partial charge >= 0.3 is 0 Å². The molecular weight excluding hydrogens is 276 g/mol. The van der Waals surface area contributed by atoms with Crippen LogP contribution in [0.2, 0.25) is 0 Å². The molecule has 0 spiro atoms. The Kier molecular flexibility index (Phi) is 4.59. The number of rotatable bonds is 4. The molecule has 0 saturated carbocycles. The zero-order valence-electron chi connectivity index (χ0n) is 11.7. The maximum absolute atomic E-state index is 12.2. The smallest absolute Gasteiger partial charge is 0.271 e. The lowest BCUT2D eigenvalue weighted by molar-refractivity contribution is -0.384. The maximum Gasteiger partial charge on any atom is 0.271 e. The molecule has 114 valence electrons. The average molecular weight is 294 g/mol. The summed E-state index contributed by atoms with van der Waals surface area (Å²) in [5.74, 6) is -0.0453. The lowest BCUT2D eigenvalue weighted by Crippen LogP contribution is -2.47. The molecule has 1 aromatic rings. The number of anilines is 2. The quantitative estimate of drug-likeness (QED) is 0.483. The zero-order valence-corrected chi connectivity index (χ0v) is 11.7. The molecule has 0 radical (unpaired) electrons. The third-order valence-corrected chi connectivity index (χ3v) is 3.31. The second-order valence-corrected chi connectivity index (χ2v) is 4.83. The van der Waals surface area contributed by atoms with E-state index in [2.05, 4.69) is 5.32 Å². The Morgan fingerprint density at radius 1 is 1.48 bits per heavy atom. The van der Waals surface area contributed by atoms with Gasteiger partial charge in [-0.05, 0) is 13.0 Å². The number of morpholine rings is 1. The van der Waals surface area contributed by atoms with Crippen LogP contribution in [0.3, 0.4) is 0 Å². The van der Waals surface area contributed by atoms with Crippen molar-refractivity contribution in [1.29, 1.82) is 0 Å². The minimum Gasteiger partial charge on any atom is -0.397 e. The normalized spacial score (nSPS) is 16.3. The molecule has 3 N–H and O–H groups in total. The number of nitro groups is 1. The standard InChI is InChI=1S/C13H18N4O4/c1-9(13(18)16-4-6-21-7-5-16)15-12-3-2-10(17(19)20)8-11(12)14/h2-3,8-9,15H,4-7,14H2,1H3. The van der Waals surface area contributed by atoms with E-state index in [1.54, 1.807) is 11.8 Å². The number of ether oxygens (including phenoxy) is 1. The van der Waals surface area contributed by atoms with Crippen LogP contribution in [0.25, 0.3) is 0 Å². The number of non-ortho nitro benzene ring substituents is 1. The molecule has 0 aliphatic carbocycles. The van der Waals surface area contributed by atoms with Gasteiger partial charge in [0.25, 0.3) is 5.69 Å². The van der Waals surface area contributed by atoms with Crippen molar-refractivity contribution in [3.8, 4) is 0 Å². The van der Waals surface area contributed by atoms with Crippen molar-refractivity contribution < 1.29 is 14.5 Å². The fraction of sp³-hybridized carbons (Fsp3) is 0.462. The number of carbonyl (C=O) groups excluding carboxylic acids is 1. The average Bonchev–Trinajstić information content (AvgIpc) is 2.49. The van der Waals surface area contributed by atoms with Crippen molar-refractivity contribution in [2.75, 3.05) is 37.4 Å². The molecule has 8 nitrogen and oxygen atoms in total. The molecule has 2 rings (SSSR count). The maximum atomic E-state index is 12.2. The highest BCUT2D eigenvalue weighted by Gasteiger charge is 2.23. The van der Waals surface area contributed by atoms with Gasteiger partial charge in [0, 0.05) is 25.2 Å². The van der Waals surface area contributed by atoms with E-state index in [-0.39, 0.29) is 17.3 Å². The largest absolute Gasteiger partial charge is 0.397 e. The van der Waals surface area contributed by atoms with E-state index in [1.807, 2.05) is 0 Å². The van der Waals surface area contributed by atoms with Crippen LogP contribution in [0.4, 0.5) is 17.1 Å². The second kappa shape index (κ2) is 6.40. The van der Waals surface area contributed by atoms with Crippen LogP contribution in [0, 0.1) is 10.1 Å². The van der Waals surface area contributed by atoms with Gasteiger partial charge in [0.1, 0.15) is 6.04 Å². The van der Waals surface area contributed by atoms with Crippen LogP contribution in [0.5, 0.6) is 0 Å². The third kappa shape index (κ3) is 3.60. The van der Waals surface area contributed by atoms with Crippen LogP contribution in [0.1, 0.15) is 6.92 Å². The molecule has 1 saturated heterocycles. The molecule has 1 amide bonds. The molecule has 1 fully saturated rings. The van der Waals surface area contributed by atoms with E-state index in [9.17, 15) is 14.9 Å². The Morgan fingerprint density at radius 3 is 2.71 bits per heavy atom. The van der Waals surface area contributed by atoms with Crippen molar-refractivity contribution in [1.82, 2.24) is 4.90 Å². The minimum atomic E-state index is -0.511. The summed E-state index contributed by atoms with van der Waals surface area (Å²) in [7, 11) is 0. The molecule has 1 aromatic carbocycles. The summed E-state index contributed by atoms with van der Waals surface area (Å²) < 4.78 is 5.20. The molecule has 21 heavy (non-hydrogen) atoms. The number of hydrogen-bond acceptors (Lipinski definition) is 6. The van der Waals surface area contributed by atoms with Gasteiger partial charge in [0.2, 0.25) is 5.91 Å². The van der Waals surface area contributed by atoms with Crippen molar-refractivity contribution in [2.45, 2.75) is 13.0 Å². The Balaban J connectivity index is 2.03. The number of nitrogens with two attached hydrogens (primary N) is 1. The third-order valence-electron chi connectivity index (χ3n) is 3.31. The number of nitrogens with zero attached hydrogens (tertiary/aromatic N) is 2. The number of nitrogen functional groups attached to an aromatic ring is 1. The topological polar surface area (TPSA) is 111 Å². The van der Waals surface area contributed by atoms with Crippen LogP contribution < -0.4 is 11.1 Å². The fourth-order valence-electron chi connectivity index (χ4n) is 2.15. The predicted molar refractivity (Wildman–Crippen MR) is 78.0 cm³/mol. The summed E-state index contributed by atoms with van der Waals surface area (Å²) in [6, 6.07) is 3.67. The first kappa shape index (κ1) is 15.0. The van der Waals surface area contributed by atoms with Gasteiger partial charge in [-0.15, -0.1) is 0 Å². The van der Waals surface area contributed by atoms with Gasteiger partial charge in [-0.3, -0.25) is 14.9 Å². The molecule has 1 aliphatic heterocycles. The zero-order chi connectivity index (χ0) is 15.4. The lowest BCUT2D eigenvalue weighted by atomic mass is 10.2. The highest BCUT2D eigenvalue weighted by molar-refractivity contribution is 5.85. The fourth-order valence-corrected chi connectivity index (χ4v) is 2.15. The summed E-state index contributed by atoms with van der Waals surface area (Å²) in [6.45, 7) is 3.95. The first-order valence-corrected chi connectivity index (χ1v) is 6.66. The van der Waals surface area contributed by atoms with Gasteiger partial charge in [-0.25, -0.2) is 0 Å². The van der Waals surface area contributed by atoms with Crippen LogP contribution in [-0.2, 0) is 9.53 Å². The predicted octanol–water partition coefficient (Wildman–Crippen LogP) is 0.836. The highest BCUT2D eigenvalue weighted by atomic mass is 16.6. The SMILES string of the molecule is CC(Nc1ccc([N+](=O)[O-])cc1N)C(=O)N1CCOCC1. The summed E-state index contributed by atoms with van der Waals surface area (Å²) in [5, 5.41) is 13.7. The van der Waals surface area contributed by atoms with Gasteiger partial charge in [0.15, 0.2) is 0 Å². The molecule has 8 heteroatoms. The number of hydrogen-bond donors (Lipinski definition) is 2. The Bertz CT molecular complexity index is 543. The summed E-state index contributed by atoms with van der Waals surface area (Å²) >= 11 is 0. The van der Waals surface area contributed by atoms with Crippen molar-refractivity contribution in [3.05, 3.63) is 28.3 Å². The monoisotopic (exact) mass is 294 g/mol. The van der Waals surface area contributed by atoms with E-state index in [4.69, 9.17) is 10.5 Å². The van der Waals surface area contributed by atoms with Crippen LogP contribution >= 0.6 is 0 Å². The van der Waals surface area contributed by atoms with E-state index in [0.717, 1.165) is 0 Å². The van der Waals surface area contributed by atoms with E-state index in [0.29, 0.717) is 32.0 Å². The second-order valence-electron chi connectivity index (χ2n) is 4.83. The van der Waals surface area contributed by atoms with Gasteiger partial charge in [0.05, 0.1) is 29.5 Å². The van der Waals surface area contributed by atoms with Crippen LogP contribution in [-0.4, -0.2) is 48.1 Å². The van der Waals surface area contributed by atoms with E-state index in [1.165, 1.54) is 18.2 Å². The lowest BCUT2D eigenvalue weighted by Gasteiger charge is -2.29. The molecule has 0 bridgehead atoms. The van der Waals surface area contributed by atoms with Gasteiger partial charge in [-0.1, -0.05) is 0 Å². The summed E-state index contributed by atoms with van der Waals surface area (Å²) in [4.78, 5) is 24.1. The Labute approximate surface area is 122 Å². The van der Waals surface area contributed by atoms with Crippen molar-refractivity contribution in [3.63, 3.8) is 0 Å². The highest BCUT2D eigenvalue weighted by Crippen LogP contribution is 2.24. The number of amides is 1. The number of nitro benzene ring substituents is 1. The first-order chi connectivity index (χ1) is 9.99. The molecular formula is C13H18N4O4. The molecule has 1 heterocycles. The number of nitrogens with one attached hydrogen (secondary N) is 1. The molecule has 1 atom stereocenters. The molecule has 1 unspecified atom stereocenters. The first-order valence-electron chi connectivity index (χ1n) is 6.66. The van der Waals surface area contributed by atoms with Crippen molar-refractivity contribution in [2.24, 2.45) is 0 Å². The van der Waals surface area contributed by atoms with E-state index < -0.39 is 11.0 Å². The molecule has 0 aromatic heterocycles. The number of carbonyl (C=O) groups is 1.